The number of anilines is 1. The molecular formula is C19H23N5O4. The molecule has 1 fully saturated rings. The van der Waals surface area contributed by atoms with Gasteiger partial charge in [-0.3, -0.25) is 4.57 Å². The van der Waals surface area contributed by atoms with Crippen LogP contribution in [0.15, 0.2) is 43.0 Å². The molecule has 148 valence electrons. The molecule has 3 aromatic rings. The summed E-state index contributed by atoms with van der Waals surface area (Å²) in [6, 6.07) is 9.58. The Kier molecular flexibility index (Phi) is 4.76. The predicted molar refractivity (Wildman–Crippen MR) is 101 cm³/mol. The molecule has 1 aliphatic rings. The molecule has 9 heteroatoms. The van der Waals surface area contributed by atoms with E-state index in [2.05, 4.69) is 15.0 Å². The molecule has 2 aromatic heterocycles. The van der Waals surface area contributed by atoms with Crippen LogP contribution in [0.25, 0.3) is 11.2 Å². The summed E-state index contributed by atoms with van der Waals surface area (Å²) in [6.45, 7) is 1.53. The Morgan fingerprint density at radius 3 is 2.61 bits per heavy atom. The average molecular weight is 385 g/mol. The van der Waals surface area contributed by atoms with Crippen molar-refractivity contribution < 1.29 is 20.1 Å². The first-order chi connectivity index (χ1) is 13.5. The fourth-order valence-corrected chi connectivity index (χ4v) is 4.19. The van der Waals surface area contributed by atoms with Crippen LogP contribution in [0.3, 0.4) is 0 Å². The van der Waals surface area contributed by atoms with E-state index in [1.165, 1.54) is 12.7 Å². The molecule has 1 saturated heterocycles. The summed E-state index contributed by atoms with van der Waals surface area (Å²) in [5, 5.41) is 31.4. The molecule has 3 heterocycles. The predicted octanol–water partition coefficient (Wildman–Crippen LogP) is 0.368. The first-order valence-corrected chi connectivity index (χ1v) is 9.18. The van der Waals surface area contributed by atoms with Gasteiger partial charge in [0, 0.05) is 5.92 Å². The number of nitrogens with zero attached hydrogens (tertiary/aromatic N) is 4. The Labute approximate surface area is 161 Å². The van der Waals surface area contributed by atoms with Crippen molar-refractivity contribution >= 4 is 17.0 Å². The topological polar surface area (TPSA) is 140 Å². The first-order valence-electron chi connectivity index (χ1n) is 9.18. The number of ether oxygens (including phenoxy) is 1. The Morgan fingerprint density at radius 2 is 1.96 bits per heavy atom. The van der Waals surface area contributed by atoms with Gasteiger partial charge in [0.15, 0.2) is 17.2 Å². The number of imidazole rings is 1. The highest BCUT2D eigenvalue weighted by molar-refractivity contribution is 5.81. The summed E-state index contributed by atoms with van der Waals surface area (Å²) < 4.78 is 7.80. The van der Waals surface area contributed by atoms with Crippen molar-refractivity contribution in [1.82, 2.24) is 19.5 Å². The Hall–Kier alpha value is -2.59. The van der Waals surface area contributed by atoms with Gasteiger partial charge < -0.3 is 25.8 Å². The highest BCUT2D eigenvalue weighted by Gasteiger charge is 2.59. The minimum Gasteiger partial charge on any atom is -0.394 e. The van der Waals surface area contributed by atoms with E-state index in [0.29, 0.717) is 17.6 Å². The Balaban J connectivity index is 1.98. The largest absolute Gasteiger partial charge is 0.394 e. The second-order valence-electron chi connectivity index (χ2n) is 6.94. The highest BCUT2D eigenvalue weighted by Crippen LogP contribution is 2.48. The minimum atomic E-state index is -1.43. The SMILES string of the molecule is CC[C@H](c1ccccc1)[C@@]1(n2cnc3c(N)ncnc32)O[C@H](CO)[C@@H](O)[C@H]1O. The van der Waals surface area contributed by atoms with Gasteiger partial charge >= 0.3 is 0 Å². The highest BCUT2D eigenvalue weighted by atomic mass is 16.6. The normalized spacial score (nSPS) is 28.6. The molecule has 9 nitrogen and oxygen atoms in total. The molecule has 0 aliphatic carbocycles. The fraction of sp³-hybridized carbons (Fsp3) is 0.421. The number of rotatable bonds is 5. The van der Waals surface area contributed by atoms with Gasteiger partial charge in [-0.25, -0.2) is 15.0 Å². The summed E-state index contributed by atoms with van der Waals surface area (Å²) in [5.74, 6) is -0.151. The lowest BCUT2D eigenvalue weighted by Gasteiger charge is -2.40. The zero-order chi connectivity index (χ0) is 19.9. The third-order valence-electron chi connectivity index (χ3n) is 5.50. The Bertz CT molecular complexity index is 965. The number of nitrogen functional groups attached to an aromatic ring is 1. The van der Waals surface area contributed by atoms with Crippen LogP contribution in [-0.4, -0.2) is 59.8 Å². The van der Waals surface area contributed by atoms with E-state index in [1.54, 1.807) is 4.57 Å². The smallest absolute Gasteiger partial charge is 0.183 e. The quantitative estimate of drug-likeness (QED) is 0.494. The van der Waals surface area contributed by atoms with Crippen molar-refractivity contribution in [3.8, 4) is 0 Å². The molecule has 0 saturated carbocycles. The maximum atomic E-state index is 11.2. The van der Waals surface area contributed by atoms with E-state index < -0.39 is 30.6 Å². The van der Waals surface area contributed by atoms with Crippen molar-refractivity contribution in [2.45, 2.75) is 43.3 Å². The van der Waals surface area contributed by atoms with Crippen LogP contribution in [0.1, 0.15) is 24.8 Å². The van der Waals surface area contributed by atoms with Gasteiger partial charge in [0.05, 0.1) is 12.9 Å². The van der Waals surface area contributed by atoms with Gasteiger partial charge in [-0.05, 0) is 12.0 Å². The van der Waals surface area contributed by atoms with Crippen molar-refractivity contribution in [2.75, 3.05) is 12.3 Å². The molecule has 1 aliphatic heterocycles. The molecule has 0 bridgehead atoms. The van der Waals surface area contributed by atoms with Gasteiger partial charge in [0.1, 0.15) is 30.2 Å². The first kappa shape index (κ1) is 18.8. The number of fused-ring (bicyclic) bond motifs is 1. The standard InChI is InChI=1S/C19H23N5O4/c1-2-12(11-6-4-3-5-7-11)19(16(27)15(26)13(8-25)28-19)24-10-23-14-17(20)21-9-22-18(14)24/h3-7,9-10,12-13,15-16,25-27H,2,8H2,1H3,(H2,20,21,22)/t12-,13-,15-,16-,19-/m1/s1. The number of aromatic nitrogens is 4. The molecule has 5 N–H and O–H groups in total. The summed E-state index contributed by atoms with van der Waals surface area (Å²) in [6.07, 6.45) is -0.176. The number of hydrogen-bond acceptors (Lipinski definition) is 8. The molecule has 28 heavy (non-hydrogen) atoms. The van der Waals surface area contributed by atoms with Gasteiger partial charge in [-0.15, -0.1) is 0 Å². The molecule has 0 radical (unpaired) electrons. The van der Waals surface area contributed by atoms with Crippen molar-refractivity contribution in [3.05, 3.63) is 48.5 Å². The lowest BCUT2D eigenvalue weighted by molar-refractivity contribution is -0.163. The van der Waals surface area contributed by atoms with Gasteiger partial charge in [0.2, 0.25) is 0 Å². The average Bonchev–Trinajstić information content (AvgIpc) is 3.26. The van der Waals surface area contributed by atoms with Crippen LogP contribution in [0, 0.1) is 0 Å². The number of aliphatic hydroxyl groups excluding tert-OH is 3. The molecule has 4 rings (SSSR count). The third kappa shape index (κ3) is 2.59. The number of benzene rings is 1. The second kappa shape index (κ2) is 7.10. The number of hydrogen-bond donors (Lipinski definition) is 4. The van der Waals surface area contributed by atoms with Crippen LogP contribution in [0.4, 0.5) is 5.82 Å². The second-order valence-corrected chi connectivity index (χ2v) is 6.94. The molecule has 0 amide bonds. The van der Waals surface area contributed by atoms with E-state index in [4.69, 9.17) is 10.5 Å². The minimum absolute atomic E-state index is 0.207. The molecule has 0 unspecified atom stereocenters. The van der Waals surface area contributed by atoms with E-state index in [-0.39, 0.29) is 11.7 Å². The lowest BCUT2D eigenvalue weighted by atomic mass is 9.82. The maximum absolute atomic E-state index is 11.2. The third-order valence-corrected chi connectivity index (χ3v) is 5.50. The Morgan fingerprint density at radius 1 is 1.21 bits per heavy atom. The van der Waals surface area contributed by atoms with E-state index >= 15 is 0 Å². The summed E-state index contributed by atoms with van der Waals surface area (Å²) in [4.78, 5) is 12.5. The van der Waals surface area contributed by atoms with E-state index in [0.717, 1.165) is 5.56 Å². The fourth-order valence-electron chi connectivity index (χ4n) is 4.19. The van der Waals surface area contributed by atoms with Crippen LogP contribution < -0.4 is 5.73 Å². The van der Waals surface area contributed by atoms with Crippen LogP contribution in [0.5, 0.6) is 0 Å². The van der Waals surface area contributed by atoms with E-state index in [1.807, 2.05) is 37.3 Å². The van der Waals surface area contributed by atoms with Gasteiger partial charge in [-0.1, -0.05) is 37.3 Å². The van der Waals surface area contributed by atoms with Crippen LogP contribution in [-0.2, 0) is 10.5 Å². The summed E-state index contributed by atoms with van der Waals surface area (Å²) in [5.41, 5.74) is 6.17. The molecule has 0 spiro atoms. The summed E-state index contributed by atoms with van der Waals surface area (Å²) >= 11 is 0. The monoisotopic (exact) mass is 385 g/mol. The summed E-state index contributed by atoms with van der Waals surface area (Å²) in [7, 11) is 0. The van der Waals surface area contributed by atoms with Crippen molar-refractivity contribution in [1.29, 1.82) is 0 Å². The van der Waals surface area contributed by atoms with Crippen LogP contribution >= 0.6 is 0 Å². The number of nitrogens with two attached hydrogens (primary N) is 1. The van der Waals surface area contributed by atoms with Gasteiger partial charge in [-0.2, -0.15) is 0 Å². The zero-order valence-electron chi connectivity index (χ0n) is 15.4. The molecule has 5 atom stereocenters. The van der Waals surface area contributed by atoms with Gasteiger partial charge in [0.25, 0.3) is 0 Å². The number of aliphatic hydroxyl groups is 3. The van der Waals surface area contributed by atoms with Crippen LogP contribution in [0.2, 0.25) is 0 Å². The zero-order valence-corrected chi connectivity index (χ0v) is 15.4. The van der Waals surface area contributed by atoms with Crippen molar-refractivity contribution in [2.24, 2.45) is 0 Å². The maximum Gasteiger partial charge on any atom is 0.183 e. The molecular weight excluding hydrogens is 362 g/mol. The van der Waals surface area contributed by atoms with Crippen molar-refractivity contribution in [3.63, 3.8) is 0 Å². The molecule has 1 aromatic carbocycles. The van der Waals surface area contributed by atoms with E-state index in [9.17, 15) is 15.3 Å². The lowest BCUT2D eigenvalue weighted by Crippen LogP contribution is -2.50.